The van der Waals surface area contributed by atoms with Gasteiger partial charge in [-0.15, -0.1) is 0 Å². The van der Waals surface area contributed by atoms with E-state index in [-0.39, 0.29) is 24.9 Å². The van der Waals surface area contributed by atoms with E-state index in [1.165, 1.54) is 0 Å². The summed E-state index contributed by atoms with van der Waals surface area (Å²) in [5.74, 6) is 4.38. The van der Waals surface area contributed by atoms with Gasteiger partial charge in [0.25, 0.3) is 0 Å². The summed E-state index contributed by atoms with van der Waals surface area (Å²) >= 11 is 0. The van der Waals surface area contributed by atoms with Crippen LogP contribution in [-0.4, -0.2) is 23.7 Å². The van der Waals surface area contributed by atoms with E-state index >= 15 is 0 Å². The Hall–Kier alpha value is -1.50. The molecule has 4 heteroatoms. The number of aliphatic carboxylic acids is 1. The van der Waals surface area contributed by atoms with Crippen molar-refractivity contribution in [2.24, 2.45) is 5.41 Å². The first-order valence-electron chi connectivity index (χ1n) is 5.19. The van der Waals surface area contributed by atoms with E-state index in [9.17, 15) is 9.59 Å². The van der Waals surface area contributed by atoms with Crippen LogP contribution in [0.15, 0.2) is 0 Å². The summed E-state index contributed by atoms with van der Waals surface area (Å²) in [5.41, 5.74) is -0.101. The zero-order chi connectivity index (χ0) is 12.6. The average Bonchev–Trinajstić information content (AvgIpc) is 2.10. The maximum absolute atomic E-state index is 11.1. The number of hydrogen-bond donors (Lipinski definition) is 1. The first-order valence-corrected chi connectivity index (χ1v) is 5.19. The highest BCUT2D eigenvalue weighted by atomic mass is 16.5. The second kappa shape index (κ2) is 6.89. The van der Waals surface area contributed by atoms with Gasteiger partial charge in [-0.2, -0.15) is 0 Å². The van der Waals surface area contributed by atoms with Crippen LogP contribution in [-0.2, 0) is 14.3 Å². The van der Waals surface area contributed by atoms with Crippen molar-refractivity contribution in [2.75, 3.05) is 6.61 Å². The van der Waals surface area contributed by atoms with Gasteiger partial charge in [-0.3, -0.25) is 9.59 Å². The molecule has 0 aliphatic rings. The van der Waals surface area contributed by atoms with Crippen molar-refractivity contribution in [3.8, 4) is 11.8 Å². The van der Waals surface area contributed by atoms with Crippen molar-refractivity contribution in [3.05, 3.63) is 0 Å². The third-order valence-electron chi connectivity index (χ3n) is 1.54. The minimum Gasteiger partial charge on any atom is -0.481 e. The summed E-state index contributed by atoms with van der Waals surface area (Å²) in [6, 6.07) is 0. The molecular weight excluding hydrogens is 208 g/mol. The highest BCUT2D eigenvalue weighted by molar-refractivity contribution is 5.71. The van der Waals surface area contributed by atoms with Gasteiger partial charge in [0.15, 0.2) is 6.61 Å². The summed E-state index contributed by atoms with van der Waals surface area (Å²) in [7, 11) is 0. The van der Waals surface area contributed by atoms with Crippen molar-refractivity contribution in [2.45, 2.75) is 40.0 Å². The quantitative estimate of drug-likeness (QED) is 0.574. The van der Waals surface area contributed by atoms with Crippen molar-refractivity contribution in [1.29, 1.82) is 0 Å². The first-order chi connectivity index (χ1) is 7.31. The highest BCUT2D eigenvalue weighted by Crippen LogP contribution is 2.09. The molecule has 0 radical (unpaired) electrons. The second-order valence-corrected chi connectivity index (χ2v) is 4.46. The number of carboxylic acids is 1. The molecule has 0 aromatic carbocycles. The molecule has 0 bridgehead atoms. The molecule has 0 spiro atoms. The van der Waals surface area contributed by atoms with Crippen molar-refractivity contribution in [3.63, 3.8) is 0 Å². The van der Waals surface area contributed by atoms with E-state index in [1.54, 1.807) is 0 Å². The molecule has 0 amide bonds. The van der Waals surface area contributed by atoms with Crippen molar-refractivity contribution >= 4 is 11.9 Å². The molecule has 0 heterocycles. The van der Waals surface area contributed by atoms with E-state index in [2.05, 4.69) is 11.8 Å². The van der Waals surface area contributed by atoms with Gasteiger partial charge in [0.2, 0.25) is 0 Å². The van der Waals surface area contributed by atoms with Crippen molar-refractivity contribution < 1.29 is 19.4 Å². The normalized spacial score (nSPS) is 10.2. The van der Waals surface area contributed by atoms with Crippen LogP contribution in [0.25, 0.3) is 0 Å². The fraction of sp³-hybridized carbons (Fsp3) is 0.667. The number of carbonyl (C=O) groups is 2. The molecule has 0 atom stereocenters. The summed E-state index contributed by atoms with van der Waals surface area (Å²) in [5, 5.41) is 8.36. The highest BCUT2D eigenvalue weighted by Gasteiger charge is 2.05. The molecule has 1 N–H and O–H groups in total. The Balaban J connectivity index is 3.65. The predicted octanol–water partition coefficient (Wildman–Crippen LogP) is 1.83. The van der Waals surface area contributed by atoms with Crippen LogP contribution in [0.4, 0.5) is 0 Å². The summed E-state index contributed by atoms with van der Waals surface area (Å²) in [6.07, 6.45) is 0.424. The Morgan fingerprint density at radius 1 is 1.25 bits per heavy atom. The lowest BCUT2D eigenvalue weighted by Crippen LogP contribution is -2.07. The van der Waals surface area contributed by atoms with Gasteiger partial charge in [0.05, 0.1) is 0 Å². The van der Waals surface area contributed by atoms with Gasteiger partial charge in [-0.1, -0.05) is 11.8 Å². The fourth-order valence-electron chi connectivity index (χ4n) is 0.874. The van der Waals surface area contributed by atoms with E-state index in [0.717, 1.165) is 0 Å². The third-order valence-corrected chi connectivity index (χ3v) is 1.54. The molecule has 16 heavy (non-hydrogen) atoms. The fourth-order valence-corrected chi connectivity index (χ4v) is 0.874. The Bertz CT molecular complexity index is 301. The van der Waals surface area contributed by atoms with Crippen LogP contribution in [0, 0.1) is 17.3 Å². The minimum absolute atomic E-state index is 0.0111. The maximum atomic E-state index is 11.1. The predicted molar refractivity (Wildman–Crippen MR) is 59.7 cm³/mol. The number of ether oxygens (including phenoxy) is 1. The van der Waals surface area contributed by atoms with Crippen LogP contribution in [0.2, 0.25) is 0 Å². The SMILES string of the molecule is CC(C)(C)C#CCOC(=O)CCCC(=O)O. The first kappa shape index (κ1) is 14.5. The Morgan fingerprint density at radius 3 is 2.38 bits per heavy atom. The standard InChI is InChI=1S/C12H18O4/c1-12(2,3)8-5-9-16-11(15)7-4-6-10(13)14/h4,6-7,9H2,1-3H3,(H,13,14). The van der Waals surface area contributed by atoms with Crippen LogP contribution in [0.5, 0.6) is 0 Å². The van der Waals surface area contributed by atoms with E-state index < -0.39 is 11.9 Å². The molecule has 0 aliphatic carbocycles. The largest absolute Gasteiger partial charge is 0.481 e. The number of hydrogen-bond acceptors (Lipinski definition) is 3. The second-order valence-electron chi connectivity index (χ2n) is 4.46. The lowest BCUT2D eigenvalue weighted by molar-refractivity contribution is -0.142. The van der Waals surface area contributed by atoms with Gasteiger partial charge in [-0.05, 0) is 27.2 Å². The molecule has 4 nitrogen and oxygen atoms in total. The summed E-state index contributed by atoms with van der Waals surface area (Å²) in [4.78, 5) is 21.2. The Labute approximate surface area is 96.0 Å². The number of carbonyl (C=O) groups excluding carboxylic acids is 1. The summed E-state index contributed by atoms with van der Waals surface area (Å²) in [6.45, 7) is 5.97. The van der Waals surface area contributed by atoms with Crippen LogP contribution in [0.1, 0.15) is 40.0 Å². The zero-order valence-corrected chi connectivity index (χ0v) is 10.0. The smallest absolute Gasteiger partial charge is 0.306 e. The Kier molecular flexibility index (Phi) is 6.24. The van der Waals surface area contributed by atoms with Gasteiger partial charge in [-0.25, -0.2) is 0 Å². The molecule has 0 saturated heterocycles. The van der Waals surface area contributed by atoms with Crippen LogP contribution >= 0.6 is 0 Å². The van der Waals surface area contributed by atoms with E-state index in [1.807, 2.05) is 20.8 Å². The lowest BCUT2D eigenvalue weighted by atomic mass is 9.98. The molecule has 0 unspecified atom stereocenters. The van der Waals surface area contributed by atoms with Gasteiger partial charge < -0.3 is 9.84 Å². The number of esters is 1. The van der Waals surface area contributed by atoms with Gasteiger partial charge >= 0.3 is 11.9 Å². The third kappa shape index (κ3) is 10.6. The number of rotatable bonds is 5. The molecule has 0 rings (SSSR count). The molecule has 0 aliphatic heterocycles. The molecule has 90 valence electrons. The molecule has 0 saturated carbocycles. The van der Waals surface area contributed by atoms with Crippen LogP contribution in [0.3, 0.4) is 0 Å². The maximum Gasteiger partial charge on any atom is 0.306 e. The van der Waals surface area contributed by atoms with Crippen LogP contribution < -0.4 is 0 Å². The molecule has 0 aromatic heterocycles. The topological polar surface area (TPSA) is 63.6 Å². The molecule has 0 aromatic rings. The van der Waals surface area contributed by atoms with Gasteiger partial charge in [0, 0.05) is 18.3 Å². The van der Waals surface area contributed by atoms with Gasteiger partial charge in [0.1, 0.15) is 0 Å². The lowest BCUT2D eigenvalue weighted by Gasteiger charge is -2.06. The monoisotopic (exact) mass is 226 g/mol. The minimum atomic E-state index is -0.902. The van der Waals surface area contributed by atoms with E-state index in [0.29, 0.717) is 6.42 Å². The summed E-state index contributed by atoms with van der Waals surface area (Å²) < 4.78 is 4.81. The molecular formula is C12H18O4. The molecule has 0 fully saturated rings. The Morgan fingerprint density at radius 2 is 1.88 bits per heavy atom. The number of carboxylic acid groups (broad SMARTS) is 1. The average molecular weight is 226 g/mol. The van der Waals surface area contributed by atoms with E-state index in [4.69, 9.17) is 9.84 Å². The van der Waals surface area contributed by atoms with Crippen molar-refractivity contribution in [1.82, 2.24) is 0 Å². The zero-order valence-electron chi connectivity index (χ0n) is 10.0.